The Balaban J connectivity index is 1.78. The number of amides is 2. The standard InChI is InChI=1S/C31H29N3O4S/c1-5-13-25(38-4)29(39)27(20(2)37-3)33-32-24-19-12-18-23-26(24)31(36)34(30(23)35)28(21-14-8-6-9-15-21)22-16-10-7-11-17-22/h6-19,28H,5H2,1-4H3/b25-13-,27-20-,33-32?. The predicted octanol–water partition coefficient (Wildman–Crippen LogP) is 7.34. The number of fused-ring (bicyclic) bond motifs is 1. The van der Waals surface area contributed by atoms with Gasteiger partial charge in [0.1, 0.15) is 22.1 Å². The molecule has 0 aromatic heterocycles. The van der Waals surface area contributed by atoms with Gasteiger partial charge in [-0.05, 0) is 42.7 Å². The monoisotopic (exact) mass is 539 g/mol. The van der Waals surface area contributed by atoms with E-state index in [1.54, 1.807) is 25.1 Å². The Hall–Kier alpha value is -4.43. The van der Waals surface area contributed by atoms with Crippen LogP contribution in [0, 0.1) is 0 Å². The summed E-state index contributed by atoms with van der Waals surface area (Å²) in [6.07, 6.45) is 2.55. The van der Waals surface area contributed by atoms with Crippen LogP contribution in [0.3, 0.4) is 0 Å². The molecule has 0 spiro atoms. The molecule has 1 heterocycles. The highest BCUT2D eigenvalue weighted by Crippen LogP contribution is 2.39. The first kappa shape index (κ1) is 27.6. The number of hydrogen-bond acceptors (Lipinski definition) is 7. The first-order valence-corrected chi connectivity index (χ1v) is 12.9. The third-order valence-corrected chi connectivity index (χ3v) is 6.75. The van der Waals surface area contributed by atoms with Gasteiger partial charge >= 0.3 is 0 Å². The van der Waals surface area contributed by atoms with Gasteiger partial charge < -0.3 is 9.47 Å². The van der Waals surface area contributed by atoms with E-state index in [0.29, 0.717) is 28.5 Å². The molecule has 0 saturated heterocycles. The van der Waals surface area contributed by atoms with Crippen molar-refractivity contribution in [2.24, 2.45) is 10.2 Å². The van der Waals surface area contributed by atoms with Crippen LogP contribution in [0.1, 0.15) is 58.2 Å². The number of azo groups is 1. The number of rotatable bonds is 10. The quantitative estimate of drug-likeness (QED) is 0.0885. The Morgan fingerprint density at radius 3 is 2.05 bits per heavy atom. The summed E-state index contributed by atoms with van der Waals surface area (Å²) < 4.78 is 10.8. The minimum Gasteiger partial charge on any atom is -0.499 e. The Kier molecular flexibility index (Phi) is 8.78. The van der Waals surface area contributed by atoms with E-state index in [-0.39, 0.29) is 16.8 Å². The topological polar surface area (TPSA) is 80.6 Å². The number of hydrogen-bond donors (Lipinski definition) is 0. The van der Waals surface area contributed by atoms with Gasteiger partial charge in [-0.3, -0.25) is 14.5 Å². The summed E-state index contributed by atoms with van der Waals surface area (Å²) in [7, 11) is 3.04. The van der Waals surface area contributed by atoms with Gasteiger partial charge in [0.2, 0.25) is 0 Å². The molecule has 198 valence electrons. The molecule has 3 aromatic carbocycles. The molecule has 0 unspecified atom stereocenters. The van der Waals surface area contributed by atoms with Crippen molar-refractivity contribution < 1.29 is 19.1 Å². The molecule has 39 heavy (non-hydrogen) atoms. The van der Waals surface area contributed by atoms with E-state index in [9.17, 15) is 9.59 Å². The second-order valence-corrected chi connectivity index (χ2v) is 9.13. The van der Waals surface area contributed by atoms with Crippen molar-refractivity contribution in [3.8, 4) is 0 Å². The van der Waals surface area contributed by atoms with Gasteiger partial charge in [0.15, 0.2) is 0 Å². The maximum absolute atomic E-state index is 13.9. The van der Waals surface area contributed by atoms with Gasteiger partial charge in [-0.1, -0.05) is 85.9 Å². The number of methoxy groups -OCH3 is 2. The second kappa shape index (κ2) is 12.4. The number of carbonyl (C=O) groups excluding carboxylic acids is 2. The molecule has 0 atom stereocenters. The third-order valence-electron chi connectivity index (χ3n) is 6.36. The number of nitrogens with zero attached hydrogens (tertiary/aromatic N) is 3. The molecular formula is C31H29N3O4S. The fourth-order valence-electron chi connectivity index (χ4n) is 4.41. The fourth-order valence-corrected chi connectivity index (χ4v) is 4.76. The van der Waals surface area contributed by atoms with Crippen molar-refractivity contribution in [2.45, 2.75) is 26.3 Å². The van der Waals surface area contributed by atoms with Crippen LogP contribution in [0.25, 0.3) is 0 Å². The maximum atomic E-state index is 13.9. The van der Waals surface area contributed by atoms with E-state index in [1.165, 1.54) is 19.1 Å². The van der Waals surface area contributed by atoms with Crippen molar-refractivity contribution >= 4 is 34.6 Å². The molecule has 7 nitrogen and oxygen atoms in total. The van der Waals surface area contributed by atoms with E-state index in [1.807, 2.05) is 73.7 Å². The normalized spacial score (nSPS) is 14.1. The van der Waals surface area contributed by atoms with E-state index in [4.69, 9.17) is 21.7 Å². The van der Waals surface area contributed by atoms with E-state index in [0.717, 1.165) is 11.1 Å². The predicted molar refractivity (Wildman–Crippen MR) is 154 cm³/mol. The van der Waals surface area contributed by atoms with Crippen LogP contribution in [0.5, 0.6) is 0 Å². The molecule has 0 fully saturated rings. The largest absolute Gasteiger partial charge is 0.499 e. The molecule has 0 N–H and O–H groups in total. The van der Waals surface area contributed by atoms with E-state index in [2.05, 4.69) is 10.2 Å². The molecule has 0 saturated carbocycles. The highest BCUT2D eigenvalue weighted by molar-refractivity contribution is 7.81. The number of carbonyl (C=O) groups is 2. The lowest BCUT2D eigenvalue weighted by molar-refractivity contribution is 0.0609. The Bertz CT molecular complexity index is 1440. The molecule has 0 aliphatic carbocycles. The van der Waals surface area contributed by atoms with Crippen LogP contribution in [-0.2, 0) is 9.47 Å². The zero-order chi connectivity index (χ0) is 27.9. The Morgan fingerprint density at radius 1 is 0.897 bits per heavy atom. The van der Waals surface area contributed by atoms with Gasteiger partial charge in [0.25, 0.3) is 11.8 Å². The zero-order valence-electron chi connectivity index (χ0n) is 22.3. The Morgan fingerprint density at radius 2 is 1.51 bits per heavy atom. The fraction of sp³-hybridized carbons (Fsp3) is 0.194. The van der Waals surface area contributed by atoms with Gasteiger partial charge in [-0.2, -0.15) is 0 Å². The summed E-state index contributed by atoms with van der Waals surface area (Å²) in [6.45, 7) is 3.69. The van der Waals surface area contributed by atoms with Gasteiger partial charge in [-0.15, -0.1) is 10.2 Å². The number of benzene rings is 3. The molecule has 2 amide bonds. The Labute approximate surface area is 233 Å². The van der Waals surface area contributed by atoms with E-state index >= 15 is 0 Å². The molecule has 0 radical (unpaired) electrons. The molecule has 8 heteroatoms. The van der Waals surface area contributed by atoms with Crippen LogP contribution >= 0.6 is 12.2 Å². The van der Waals surface area contributed by atoms with Crippen LogP contribution in [0.15, 0.2) is 112 Å². The average molecular weight is 540 g/mol. The molecule has 1 aliphatic rings. The molecule has 1 aliphatic heterocycles. The lowest BCUT2D eigenvalue weighted by Gasteiger charge is -2.27. The summed E-state index contributed by atoms with van der Waals surface area (Å²) in [5, 5.41) is 8.76. The number of allylic oxidation sites excluding steroid dienone is 2. The van der Waals surface area contributed by atoms with Gasteiger partial charge in [0.05, 0.1) is 37.1 Å². The number of ether oxygens (including phenoxy) is 2. The average Bonchev–Trinajstić information content (AvgIpc) is 3.22. The zero-order valence-corrected chi connectivity index (χ0v) is 23.1. The summed E-state index contributed by atoms with van der Waals surface area (Å²) in [4.78, 5) is 29.3. The minimum absolute atomic E-state index is 0.194. The summed E-state index contributed by atoms with van der Waals surface area (Å²) >= 11 is 5.61. The first-order valence-electron chi connectivity index (χ1n) is 12.5. The first-order chi connectivity index (χ1) is 18.9. The third kappa shape index (κ3) is 5.56. The van der Waals surface area contributed by atoms with E-state index < -0.39 is 17.9 Å². The SMILES string of the molecule is CC/C=C(\OC)C(=S)/C(N=Nc1cccc2c1C(=O)N(C(c1ccccc1)c1ccccc1)C2=O)=C(\C)OC. The van der Waals surface area contributed by atoms with Crippen molar-refractivity contribution in [2.75, 3.05) is 14.2 Å². The summed E-state index contributed by atoms with van der Waals surface area (Å²) in [5.74, 6) is 0.0775. The van der Waals surface area contributed by atoms with Crippen LogP contribution in [0.2, 0.25) is 0 Å². The molecule has 3 aromatic rings. The highest BCUT2D eigenvalue weighted by atomic mass is 32.1. The summed E-state index contributed by atoms with van der Waals surface area (Å²) in [5.41, 5.74) is 2.67. The van der Waals surface area contributed by atoms with Gasteiger partial charge in [0, 0.05) is 0 Å². The van der Waals surface area contributed by atoms with Crippen LogP contribution < -0.4 is 0 Å². The smallest absolute Gasteiger partial charge is 0.264 e. The minimum atomic E-state index is -0.605. The van der Waals surface area contributed by atoms with Crippen molar-refractivity contribution in [3.63, 3.8) is 0 Å². The lowest BCUT2D eigenvalue weighted by atomic mass is 9.97. The second-order valence-electron chi connectivity index (χ2n) is 8.72. The van der Waals surface area contributed by atoms with Crippen molar-refractivity contribution in [1.82, 2.24) is 4.90 Å². The molecule has 4 rings (SSSR count). The lowest BCUT2D eigenvalue weighted by Crippen LogP contribution is -2.34. The highest BCUT2D eigenvalue weighted by Gasteiger charge is 2.42. The van der Waals surface area contributed by atoms with Crippen molar-refractivity contribution in [1.29, 1.82) is 0 Å². The maximum Gasteiger partial charge on any atom is 0.264 e. The van der Waals surface area contributed by atoms with Gasteiger partial charge in [-0.25, -0.2) is 0 Å². The molecule has 0 bridgehead atoms. The number of thiocarbonyl (C=S) groups is 1. The number of imide groups is 1. The van der Waals surface area contributed by atoms with Crippen molar-refractivity contribution in [3.05, 3.63) is 124 Å². The van der Waals surface area contributed by atoms with Crippen LogP contribution in [0.4, 0.5) is 5.69 Å². The molecular weight excluding hydrogens is 510 g/mol. The summed E-state index contributed by atoms with van der Waals surface area (Å²) in [6, 6.07) is 23.3. The van der Waals surface area contributed by atoms with Crippen LogP contribution in [-0.4, -0.2) is 35.8 Å².